The maximum atomic E-state index is 11.1. The molecule has 0 spiro atoms. The van der Waals surface area contributed by atoms with Crippen molar-refractivity contribution in [1.82, 2.24) is 4.98 Å². The van der Waals surface area contributed by atoms with E-state index >= 15 is 0 Å². The third-order valence-corrected chi connectivity index (χ3v) is 1.91. The average Bonchev–Trinajstić information content (AvgIpc) is 2.18. The number of nitrogens with zero attached hydrogens (tertiary/aromatic N) is 1. The molecule has 5 heteroatoms. The highest BCUT2D eigenvalue weighted by Crippen LogP contribution is 2.21. The zero-order valence-corrected chi connectivity index (χ0v) is 8.36. The van der Waals surface area contributed by atoms with Gasteiger partial charge in [-0.3, -0.25) is 0 Å². The Morgan fingerprint density at radius 3 is 3.07 bits per heavy atom. The molecule has 1 rings (SSSR count). The summed E-state index contributed by atoms with van der Waals surface area (Å²) in [5.41, 5.74) is 0.257. The molecule has 0 saturated heterocycles. The molecule has 0 fully saturated rings. The van der Waals surface area contributed by atoms with Gasteiger partial charge in [-0.2, -0.15) is 0 Å². The molecule has 14 heavy (non-hydrogen) atoms. The first-order chi connectivity index (χ1) is 6.66. The van der Waals surface area contributed by atoms with Gasteiger partial charge in [0.25, 0.3) is 0 Å². The molecular weight excluding hydrogens is 206 g/mol. The molecule has 76 valence electrons. The molecule has 1 unspecified atom stereocenters. The predicted octanol–water partition coefficient (Wildman–Crippen LogP) is 1.33. The van der Waals surface area contributed by atoms with Gasteiger partial charge in [-0.25, -0.2) is 9.78 Å². The summed E-state index contributed by atoms with van der Waals surface area (Å²) in [5, 5.41) is 9.61. The van der Waals surface area contributed by atoms with E-state index < -0.39 is 12.1 Å². The molecular formula is C9H10ClNO3. The lowest BCUT2D eigenvalue weighted by Crippen LogP contribution is -2.15. The van der Waals surface area contributed by atoms with Crippen LogP contribution in [0.1, 0.15) is 18.6 Å². The quantitative estimate of drug-likeness (QED) is 0.611. The number of aliphatic hydroxyl groups is 1. The fourth-order valence-corrected chi connectivity index (χ4v) is 1.17. The van der Waals surface area contributed by atoms with Crippen molar-refractivity contribution in [2.24, 2.45) is 0 Å². The van der Waals surface area contributed by atoms with Crippen LogP contribution < -0.4 is 0 Å². The normalized spacial score (nSPS) is 12.2. The van der Waals surface area contributed by atoms with Gasteiger partial charge in [-0.15, -0.1) is 0 Å². The standard InChI is InChI=1S/C9H10ClNO3/c1-2-14-9(13)7(12)6-4-3-5-11-8(6)10/h3-5,7,12H,2H2,1H3. The van der Waals surface area contributed by atoms with Crippen LogP contribution in [0.4, 0.5) is 0 Å². The van der Waals surface area contributed by atoms with Crippen molar-refractivity contribution in [3.8, 4) is 0 Å². The van der Waals surface area contributed by atoms with Crippen LogP contribution in [0.2, 0.25) is 5.15 Å². The summed E-state index contributed by atoms with van der Waals surface area (Å²) >= 11 is 5.68. The second-order valence-corrected chi connectivity index (χ2v) is 2.90. The van der Waals surface area contributed by atoms with Crippen molar-refractivity contribution in [2.45, 2.75) is 13.0 Å². The minimum atomic E-state index is -1.36. The van der Waals surface area contributed by atoms with E-state index in [0.717, 1.165) is 0 Å². The van der Waals surface area contributed by atoms with Gasteiger partial charge < -0.3 is 9.84 Å². The number of hydrogen-bond donors (Lipinski definition) is 1. The van der Waals surface area contributed by atoms with Gasteiger partial charge in [-0.05, 0) is 13.0 Å². The summed E-state index contributed by atoms with van der Waals surface area (Å²) in [6, 6.07) is 3.11. The number of rotatable bonds is 3. The van der Waals surface area contributed by atoms with Crippen LogP contribution in [0, 0.1) is 0 Å². The fourth-order valence-electron chi connectivity index (χ4n) is 0.951. The minimum absolute atomic E-state index is 0.105. The third kappa shape index (κ3) is 2.43. The van der Waals surface area contributed by atoms with Crippen LogP contribution in [0.3, 0.4) is 0 Å². The Balaban J connectivity index is 2.84. The Morgan fingerprint density at radius 2 is 2.50 bits per heavy atom. The number of carbonyl (C=O) groups excluding carboxylic acids is 1. The van der Waals surface area contributed by atoms with E-state index in [1.54, 1.807) is 13.0 Å². The summed E-state index contributed by atoms with van der Waals surface area (Å²) in [5.74, 6) is -0.720. The molecule has 0 radical (unpaired) electrons. The van der Waals surface area contributed by atoms with E-state index in [4.69, 9.17) is 11.6 Å². The van der Waals surface area contributed by atoms with Gasteiger partial charge in [0.1, 0.15) is 5.15 Å². The first-order valence-electron chi connectivity index (χ1n) is 4.12. The van der Waals surface area contributed by atoms with Crippen molar-refractivity contribution in [3.05, 3.63) is 29.0 Å². The molecule has 1 aromatic rings. The third-order valence-electron chi connectivity index (χ3n) is 1.59. The van der Waals surface area contributed by atoms with E-state index in [2.05, 4.69) is 9.72 Å². The number of ether oxygens (including phenoxy) is 1. The molecule has 4 nitrogen and oxygen atoms in total. The molecule has 0 aliphatic rings. The molecule has 0 saturated carbocycles. The van der Waals surface area contributed by atoms with Gasteiger partial charge in [0.2, 0.25) is 0 Å². The number of carbonyl (C=O) groups is 1. The molecule has 1 heterocycles. The van der Waals surface area contributed by atoms with Gasteiger partial charge in [0.15, 0.2) is 6.10 Å². The zero-order chi connectivity index (χ0) is 10.6. The van der Waals surface area contributed by atoms with Crippen LogP contribution in [0.5, 0.6) is 0 Å². The first kappa shape index (κ1) is 10.9. The van der Waals surface area contributed by atoms with E-state index in [-0.39, 0.29) is 17.3 Å². The molecule has 1 aromatic heterocycles. The van der Waals surface area contributed by atoms with E-state index in [0.29, 0.717) is 0 Å². The second kappa shape index (κ2) is 4.93. The lowest BCUT2D eigenvalue weighted by atomic mass is 10.2. The molecule has 0 bridgehead atoms. The van der Waals surface area contributed by atoms with Gasteiger partial charge >= 0.3 is 5.97 Å². The molecule has 0 aliphatic heterocycles. The fraction of sp³-hybridized carbons (Fsp3) is 0.333. The van der Waals surface area contributed by atoms with E-state index in [1.807, 2.05) is 0 Å². The number of hydrogen-bond acceptors (Lipinski definition) is 4. The molecule has 0 aromatic carbocycles. The van der Waals surface area contributed by atoms with Crippen molar-refractivity contribution >= 4 is 17.6 Å². The summed E-state index contributed by atoms with van der Waals surface area (Å²) in [7, 11) is 0. The van der Waals surface area contributed by atoms with Crippen LogP contribution in [0.15, 0.2) is 18.3 Å². The number of aliphatic hydroxyl groups excluding tert-OH is 1. The molecule has 1 N–H and O–H groups in total. The molecule has 1 atom stereocenters. The SMILES string of the molecule is CCOC(=O)C(O)c1cccnc1Cl. The van der Waals surface area contributed by atoms with Crippen LogP contribution in [-0.4, -0.2) is 22.7 Å². The highest BCUT2D eigenvalue weighted by atomic mass is 35.5. The Hall–Kier alpha value is -1.13. The highest BCUT2D eigenvalue weighted by Gasteiger charge is 2.21. The first-order valence-corrected chi connectivity index (χ1v) is 4.49. The number of aromatic nitrogens is 1. The lowest BCUT2D eigenvalue weighted by Gasteiger charge is -2.10. The largest absolute Gasteiger partial charge is 0.464 e. The van der Waals surface area contributed by atoms with Crippen molar-refractivity contribution < 1.29 is 14.6 Å². The topological polar surface area (TPSA) is 59.4 Å². The highest BCUT2D eigenvalue weighted by molar-refractivity contribution is 6.30. The smallest absolute Gasteiger partial charge is 0.339 e. The van der Waals surface area contributed by atoms with Gasteiger partial charge in [0.05, 0.1) is 6.61 Å². The van der Waals surface area contributed by atoms with Crippen molar-refractivity contribution in [2.75, 3.05) is 6.61 Å². The van der Waals surface area contributed by atoms with E-state index in [9.17, 15) is 9.90 Å². The Labute approximate surface area is 86.5 Å². The predicted molar refractivity (Wildman–Crippen MR) is 50.8 cm³/mol. The summed E-state index contributed by atoms with van der Waals surface area (Å²) in [6.07, 6.45) is 0.111. The number of esters is 1. The molecule has 0 aliphatic carbocycles. The van der Waals surface area contributed by atoms with Crippen LogP contribution in [-0.2, 0) is 9.53 Å². The van der Waals surface area contributed by atoms with Crippen LogP contribution >= 0.6 is 11.6 Å². The van der Waals surface area contributed by atoms with Crippen LogP contribution in [0.25, 0.3) is 0 Å². The average molecular weight is 216 g/mol. The van der Waals surface area contributed by atoms with Gasteiger partial charge in [0, 0.05) is 11.8 Å². The number of pyridine rings is 1. The van der Waals surface area contributed by atoms with Crippen molar-refractivity contribution in [1.29, 1.82) is 0 Å². The van der Waals surface area contributed by atoms with E-state index in [1.165, 1.54) is 12.3 Å². The lowest BCUT2D eigenvalue weighted by molar-refractivity contribution is -0.153. The Morgan fingerprint density at radius 1 is 1.79 bits per heavy atom. The Kier molecular flexibility index (Phi) is 3.85. The number of halogens is 1. The minimum Gasteiger partial charge on any atom is -0.464 e. The maximum Gasteiger partial charge on any atom is 0.339 e. The molecule has 0 amide bonds. The van der Waals surface area contributed by atoms with Crippen molar-refractivity contribution in [3.63, 3.8) is 0 Å². The zero-order valence-electron chi connectivity index (χ0n) is 7.61. The summed E-state index contributed by atoms with van der Waals surface area (Å²) in [6.45, 7) is 1.88. The van der Waals surface area contributed by atoms with Gasteiger partial charge in [-0.1, -0.05) is 17.7 Å². The Bertz CT molecular complexity index is 330. The monoisotopic (exact) mass is 215 g/mol. The summed E-state index contributed by atoms with van der Waals surface area (Å²) in [4.78, 5) is 14.9. The maximum absolute atomic E-state index is 11.1. The second-order valence-electron chi connectivity index (χ2n) is 2.54. The summed E-state index contributed by atoms with van der Waals surface area (Å²) < 4.78 is 4.64.